The summed E-state index contributed by atoms with van der Waals surface area (Å²) in [6, 6.07) is 0.811. The predicted molar refractivity (Wildman–Crippen MR) is 119 cm³/mol. The minimum atomic E-state index is -2.55. The normalized spacial score (nSPS) is 23.5. The minimum absolute atomic E-state index is 0.0312. The van der Waals surface area contributed by atoms with Crippen molar-refractivity contribution in [1.82, 2.24) is 0 Å². The maximum atomic E-state index is 6.69. The molecule has 0 aromatic heterocycles. The lowest BCUT2D eigenvalue weighted by molar-refractivity contribution is -0.375. The molecular formula is C22H44O8Si. The highest BCUT2D eigenvalue weighted by Crippen LogP contribution is 2.34. The third-order valence-electron chi connectivity index (χ3n) is 5.36. The van der Waals surface area contributed by atoms with E-state index in [1.54, 1.807) is 0 Å². The van der Waals surface area contributed by atoms with Crippen molar-refractivity contribution in [1.29, 1.82) is 0 Å². The fraction of sp³-hybridized carbons (Fsp3) is 1.00. The van der Waals surface area contributed by atoms with Crippen molar-refractivity contribution in [3.63, 3.8) is 0 Å². The third kappa shape index (κ3) is 10.6. The molecule has 0 aromatic rings. The average molecular weight is 465 g/mol. The first kappa shape index (κ1) is 27.1. The highest BCUT2D eigenvalue weighted by Gasteiger charge is 2.47. The van der Waals surface area contributed by atoms with Crippen LogP contribution >= 0.6 is 0 Å². The molecule has 0 saturated carbocycles. The zero-order valence-corrected chi connectivity index (χ0v) is 21.2. The van der Waals surface area contributed by atoms with Crippen LogP contribution in [0.4, 0.5) is 0 Å². The summed E-state index contributed by atoms with van der Waals surface area (Å²) >= 11 is 0. The summed E-state index contributed by atoms with van der Waals surface area (Å²) in [5, 5.41) is 0. The molecule has 0 N–H and O–H groups in total. The standard InChI is InChI=1S/C22H44O8Si/c1-6-27-22(28-7-2,19(4)11-9-12-23-15-20-17-25-20)30-31(5,29-8-3)14-10-13-24-16-21-18-26-21/h19-21H,6-18H2,1-5H3. The van der Waals surface area contributed by atoms with Gasteiger partial charge in [0.15, 0.2) is 0 Å². The fourth-order valence-electron chi connectivity index (χ4n) is 3.57. The van der Waals surface area contributed by atoms with Gasteiger partial charge in [0.2, 0.25) is 0 Å². The first-order valence-electron chi connectivity index (χ1n) is 12.0. The van der Waals surface area contributed by atoms with Gasteiger partial charge in [0.25, 0.3) is 5.97 Å². The molecule has 2 saturated heterocycles. The molecule has 4 unspecified atom stereocenters. The maximum absolute atomic E-state index is 6.69. The van der Waals surface area contributed by atoms with E-state index in [1.165, 1.54) is 0 Å². The van der Waals surface area contributed by atoms with E-state index in [-0.39, 0.29) is 12.0 Å². The molecule has 2 aliphatic rings. The van der Waals surface area contributed by atoms with Gasteiger partial charge in [-0.05, 0) is 52.6 Å². The molecule has 2 aliphatic heterocycles. The quantitative estimate of drug-likeness (QED) is 0.111. The summed E-state index contributed by atoms with van der Waals surface area (Å²) in [4.78, 5) is 0. The molecular weight excluding hydrogens is 420 g/mol. The Bertz CT molecular complexity index is 468. The maximum Gasteiger partial charge on any atom is 0.339 e. The summed E-state index contributed by atoms with van der Waals surface area (Å²) in [5.74, 6) is -1.08. The van der Waals surface area contributed by atoms with E-state index in [9.17, 15) is 0 Å². The van der Waals surface area contributed by atoms with Gasteiger partial charge in [-0.3, -0.25) is 0 Å². The first-order valence-corrected chi connectivity index (χ1v) is 14.5. The molecule has 0 aromatic carbocycles. The molecule has 31 heavy (non-hydrogen) atoms. The molecule has 2 fully saturated rings. The number of hydrogen-bond donors (Lipinski definition) is 0. The van der Waals surface area contributed by atoms with E-state index in [4.69, 9.17) is 37.3 Å². The monoisotopic (exact) mass is 464 g/mol. The summed E-state index contributed by atoms with van der Waals surface area (Å²) in [5.41, 5.74) is 0. The number of hydrogen-bond acceptors (Lipinski definition) is 8. The van der Waals surface area contributed by atoms with E-state index in [1.807, 2.05) is 20.8 Å². The van der Waals surface area contributed by atoms with Gasteiger partial charge in [0.05, 0.1) is 26.4 Å². The minimum Gasteiger partial charge on any atom is -0.395 e. The largest absolute Gasteiger partial charge is 0.395 e. The van der Waals surface area contributed by atoms with Gasteiger partial charge >= 0.3 is 8.56 Å². The molecule has 9 heteroatoms. The van der Waals surface area contributed by atoms with Crippen LogP contribution in [-0.4, -0.2) is 86.2 Å². The van der Waals surface area contributed by atoms with E-state index in [0.29, 0.717) is 52.4 Å². The van der Waals surface area contributed by atoms with E-state index in [2.05, 4.69) is 13.5 Å². The molecule has 0 radical (unpaired) electrons. The highest BCUT2D eigenvalue weighted by atomic mass is 28.4. The predicted octanol–water partition coefficient (Wildman–Crippen LogP) is 3.48. The van der Waals surface area contributed by atoms with Crippen LogP contribution in [0, 0.1) is 5.92 Å². The number of ether oxygens (including phenoxy) is 6. The van der Waals surface area contributed by atoms with E-state index >= 15 is 0 Å². The Hall–Kier alpha value is -0.103. The molecule has 0 bridgehead atoms. The van der Waals surface area contributed by atoms with Crippen molar-refractivity contribution in [3.8, 4) is 0 Å². The zero-order chi connectivity index (χ0) is 22.6. The van der Waals surface area contributed by atoms with Crippen molar-refractivity contribution in [3.05, 3.63) is 0 Å². The Labute approximate surface area is 189 Å². The molecule has 2 heterocycles. The summed E-state index contributed by atoms with van der Waals surface area (Å²) < 4.78 is 46.9. The second kappa shape index (κ2) is 14.2. The second-order valence-corrected chi connectivity index (χ2v) is 11.6. The van der Waals surface area contributed by atoms with Gasteiger partial charge in [0, 0.05) is 39.0 Å². The average Bonchev–Trinajstić information content (AvgIpc) is 3.63. The Kier molecular flexibility index (Phi) is 12.5. The lowest BCUT2D eigenvalue weighted by Crippen LogP contribution is -2.55. The van der Waals surface area contributed by atoms with Crippen molar-refractivity contribution >= 4 is 8.56 Å². The fourth-order valence-corrected chi connectivity index (χ4v) is 6.19. The van der Waals surface area contributed by atoms with Gasteiger partial charge in [0.1, 0.15) is 12.2 Å². The van der Waals surface area contributed by atoms with Crippen LogP contribution in [0.3, 0.4) is 0 Å². The van der Waals surface area contributed by atoms with Crippen LogP contribution in [0.15, 0.2) is 0 Å². The van der Waals surface area contributed by atoms with Gasteiger partial charge in [-0.15, -0.1) is 0 Å². The smallest absolute Gasteiger partial charge is 0.339 e. The number of rotatable bonds is 21. The van der Waals surface area contributed by atoms with Crippen molar-refractivity contribution in [2.45, 2.75) is 77.7 Å². The first-order chi connectivity index (χ1) is 15.0. The molecule has 2 rings (SSSR count). The summed E-state index contributed by atoms with van der Waals surface area (Å²) in [6.45, 7) is 16.1. The molecule has 0 spiro atoms. The van der Waals surface area contributed by atoms with Crippen LogP contribution in [0.5, 0.6) is 0 Å². The van der Waals surface area contributed by atoms with Crippen molar-refractivity contribution < 1.29 is 37.3 Å². The summed E-state index contributed by atoms with van der Waals surface area (Å²) in [6.07, 6.45) is 3.23. The topological polar surface area (TPSA) is 80.4 Å². The number of epoxide rings is 2. The van der Waals surface area contributed by atoms with Crippen LogP contribution < -0.4 is 0 Å². The lowest BCUT2D eigenvalue weighted by Gasteiger charge is -2.43. The van der Waals surface area contributed by atoms with Crippen LogP contribution in [-0.2, 0) is 37.3 Å². The van der Waals surface area contributed by atoms with E-state index in [0.717, 1.165) is 38.5 Å². The second-order valence-electron chi connectivity index (χ2n) is 8.35. The van der Waals surface area contributed by atoms with Gasteiger partial charge < -0.3 is 37.3 Å². The molecule has 184 valence electrons. The SMILES string of the molecule is CCOC(OCC)(O[Si](C)(CCCOCC1CO1)OCC)C(C)CCCOCC1CO1. The Morgan fingerprint density at radius 2 is 1.45 bits per heavy atom. The molecule has 8 nitrogen and oxygen atoms in total. The highest BCUT2D eigenvalue weighted by molar-refractivity contribution is 6.66. The van der Waals surface area contributed by atoms with Gasteiger partial charge in [-0.2, -0.15) is 0 Å². The zero-order valence-electron chi connectivity index (χ0n) is 20.2. The van der Waals surface area contributed by atoms with Crippen molar-refractivity contribution in [2.75, 3.05) is 59.5 Å². The lowest BCUT2D eigenvalue weighted by atomic mass is 10.0. The Balaban J connectivity index is 1.89. The molecule has 4 atom stereocenters. The third-order valence-corrected chi connectivity index (χ3v) is 8.24. The van der Waals surface area contributed by atoms with Crippen molar-refractivity contribution in [2.24, 2.45) is 5.92 Å². The Morgan fingerprint density at radius 1 is 0.903 bits per heavy atom. The van der Waals surface area contributed by atoms with Crippen LogP contribution in [0.1, 0.15) is 47.0 Å². The van der Waals surface area contributed by atoms with Crippen LogP contribution in [0.25, 0.3) is 0 Å². The molecule has 0 aliphatic carbocycles. The van der Waals surface area contributed by atoms with Crippen LogP contribution in [0.2, 0.25) is 12.6 Å². The Morgan fingerprint density at radius 3 is 1.94 bits per heavy atom. The summed E-state index contributed by atoms with van der Waals surface area (Å²) in [7, 11) is -2.55. The molecule has 0 amide bonds. The van der Waals surface area contributed by atoms with Gasteiger partial charge in [-0.25, -0.2) is 0 Å². The van der Waals surface area contributed by atoms with Gasteiger partial charge in [-0.1, -0.05) is 6.92 Å². The van der Waals surface area contributed by atoms with E-state index < -0.39 is 14.5 Å².